The molecule has 0 atom stereocenters. The van der Waals surface area contributed by atoms with Crippen LogP contribution in [-0.4, -0.2) is 26.7 Å². The Hall–Kier alpha value is -2.40. The number of nitrogens with one attached hydrogen (secondary N) is 2. The molecule has 2 aromatic rings. The molecule has 0 aromatic heterocycles. The molecule has 2 aromatic carbocycles. The van der Waals surface area contributed by atoms with Crippen LogP contribution in [0.25, 0.3) is 0 Å². The van der Waals surface area contributed by atoms with Crippen molar-refractivity contribution in [2.24, 2.45) is 0 Å². The maximum Gasteiger partial charge on any atom is 0.226 e. The van der Waals surface area contributed by atoms with Crippen LogP contribution in [-0.2, 0) is 4.79 Å². The smallest absolute Gasteiger partial charge is 0.226 e. The number of anilines is 2. The summed E-state index contributed by atoms with van der Waals surface area (Å²) in [6, 6.07) is 11.5. The van der Waals surface area contributed by atoms with Gasteiger partial charge in [0.1, 0.15) is 11.5 Å². The van der Waals surface area contributed by atoms with Crippen molar-refractivity contribution in [1.82, 2.24) is 0 Å². The first-order valence-electron chi connectivity index (χ1n) is 8.49. The average molecular weight is 377 g/mol. The molecule has 0 aliphatic carbocycles. The minimum absolute atomic E-state index is 0.126. The van der Waals surface area contributed by atoms with E-state index in [-0.39, 0.29) is 5.91 Å². The second-order valence-corrected chi connectivity index (χ2v) is 6.60. The van der Waals surface area contributed by atoms with Gasteiger partial charge in [0.05, 0.1) is 24.9 Å². The molecule has 0 aliphatic heterocycles. The number of rotatable bonds is 8. The van der Waals surface area contributed by atoms with Gasteiger partial charge in [0, 0.05) is 30.8 Å². The van der Waals surface area contributed by atoms with E-state index >= 15 is 0 Å². The summed E-state index contributed by atoms with van der Waals surface area (Å²) >= 11 is 6.07. The zero-order valence-corrected chi connectivity index (χ0v) is 16.3. The fraction of sp³-hybridized carbons (Fsp3) is 0.350. The van der Waals surface area contributed by atoms with Crippen LogP contribution in [0.5, 0.6) is 11.5 Å². The molecule has 2 rings (SSSR count). The predicted molar refractivity (Wildman–Crippen MR) is 107 cm³/mol. The van der Waals surface area contributed by atoms with Crippen LogP contribution in [0.3, 0.4) is 0 Å². The molecule has 5 nitrogen and oxygen atoms in total. The lowest BCUT2D eigenvalue weighted by Gasteiger charge is -2.13. The standard InChI is InChI=1S/C20H25ClN2O3/c1-13(2)14-5-7-15(8-6-14)22-10-9-20(24)23-17-12-18(25-3)16(21)11-19(17)26-4/h5-8,11-13,22H,9-10H2,1-4H3,(H,23,24). The first-order valence-corrected chi connectivity index (χ1v) is 8.87. The number of benzene rings is 2. The lowest BCUT2D eigenvalue weighted by molar-refractivity contribution is -0.116. The third kappa shape index (κ3) is 5.30. The minimum atomic E-state index is -0.126. The van der Waals surface area contributed by atoms with Gasteiger partial charge in [0.15, 0.2) is 0 Å². The summed E-state index contributed by atoms with van der Waals surface area (Å²) in [5, 5.41) is 6.51. The quantitative estimate of drug-likeness (QED) is 0.686. The van der Waals surface area contributed by atoms with Gasteiger partial charge in [-0.15, -0.1) is 0 Å². The molecule has 0 radical (unpaired) electrons. The Bertz CT molecular complexity index is 745. The molecule has 1 amide bonds. The van der Waals surface area contributed by atoms with Crippen LogP contribution in [0.15, 0.2) is 36.4 Å². The molecule has 0 heterocycles. The number of halogens is 1. The lowest BCUT2D eigenvalue weighted by atomic mass is 10.0. The van der Waals surface area contributed by atoms with Crippen LogP contribution >= 0.6 is 11.6 Å². The van der Waals surface area contributed by atoms with E-state index in [2.05, 4.69) is 36.6 Å². The number of ether oxygens (including phenoxy) is 2. The monoisotopic (exact) mass is 376 g/mol. The normalized spacial score (nSPS) is 10.5. The first kappa shape index (κ1) is 19.9. The van der Waals surface area contributed by atoms with Crippen molar-refractivity contribution in [3.63, 3.8) is 0 Å². The molecule has 140 valence electrons. The van der Waals surface area contributed by atoms with Crippen LogP contribution in [0, 0.1) is 0 Å². The Morgan fingerprint density at radius 3 is 2.31 bits per heavy atom. The van der Waals surface area contributed by atoms with Crippen molar-refractivity contribution in [3.05, 3.63) is 47.0 Å². The molecule has 0 saturated heterocycles. The number of hydrogen-bond acceptors (Lipinski definition) is 4. The predicted octanol–water partition coefficient (Wildman–Crippen LogP) is 4.92. The van der Waals surface area contributed by atoms with Crippen LogP contribution in [0.2, 0.25) is 5.02 Å². The maximum atomic E-state index is 12.2. The van der Waals surface area contributed by atoms with Crippen molar-refractivity contribution in [3.8, 4) is 11.5 Å². The van der Waals surface area contributed by atoms with Gasteiger partial charge in [-0.1, -0.05) is 37.6 Å². The molecular weight excluding hydrogens is 352 g/mol. The zero-order chi connectivity index (χ0) is 19.1. The molecule has 0 bridgehead atoms. The lowest BCUT2D eigenvalue weighted by Crippen LogP contribution is -2.16. The van der Waals surface area contributed by atoms with E-state index in [1.54, 1.807) is 12.1 Å². The summed E-state index contributed by atoms with van der Waals surface area (Å²) in [6.07, 6.45) is 0.319. The van der Waals surface area contributed by atoms with E-state index in [0.717, 1.165) is 5.69 Å². The van der Waals surface area contributed by atoms with Crippen molar-refractivity contribution in [1.29, 1.82) is 0 Å². The van der Waals surface area contributed by atoms with Crippen molar-refractivity contribution >= 4 is 28.9 Å². The second kappa shape index (κ2) is 9.34. The molecule has 26 heavy (non-hydrogen) atoms. The molecule has 2 N–H and O–H groups in total. The van der Waals surface area contributed by atoms with Gasteiger partial charge in [0.2, 0.25) is 5.91 Å². The minimum Gasteiger partial charge on any atom is -0.495 e. The number of carbonyl (C=O) groups is 1. The summed E-state index contributed by atoms with van der Waals surface area (Å²) in [6.45, 7) is 4.85. The Balaban J connectivity index is 1.90. The zero-order valence-electron chi connectivity index (χ0n) is 15.6. The highest BCUT2D eigenvalue weighted by atomic mass is 35.5. The van der Waals surface area contributed by atoms with Crippen molar-refractivity contribution in [2.75, 3.05) is 31.4 Å². The van der Waals surface area contributed by atoms with E-state index in [0.29, 0.717) is 41.1 Å². The van der Waals surface area contributed by atoms with Crippen LogP contribution in [0.4, 0.5) is 11.4 Å². The highest BCUT2D eigenvalue weighted by Gasteiger charge is 2.12. The molecule has 0 unspecified atom stereocenters. The highest BCUT2D eigenvalue weighted by Crippen LogP contribution is 2.35. The van der Waals surface area contributed by atoms with Gasteiger partial charge >= 0.3 is 0 Å². The summed E-state index contributed by atoms with van der Waals surface area (Å²) < 4.78 is 10.4. The van der Waals surface area contributed by atoms with Crippen LogP contribution in [0.1, 0.15) is 31.7 Å². The van der Waals surface area contributed by atoms with Gasteiger partial charge in [0.25, 0.3) is 0 Å². The number of methoxy groups -OCH3 is 2. The van der Waals surface area contributed by atoms with E-state index in [1.807, 2.05) is 12.1 Å². The van der Waals surface area contributed by atoms with Gasteiger partial charge in [-0.05, 0) is 23.6 Å². The second-order valence-electron chi connectivity index (χ2n) is 6.19. The molecule has 0 aliphatic rings. The number of amides is 1. The molecule has 0 spiro atoms. The van der Waals surface area contributed by atoms with Gasteiger partial charge in [-0.2, -0.15) is 0 Å². The summed E-state index contributed by atoms with van der Waals surface area (Å²) in [5.41, 5.74) is 2.81. The fourth-order valence-corrected chi connectivity index (χ4v) is 2.71. The molecule has 6 heteroatoms. The number of hydrogen-bond donors (Lipinski definition) is 2. The van der Waals surface area contributed by atoms with E-state index in [1.165, 1.54) is 19.8 Å². The summed E-state index contributed by atoms with van der Waals surface area (Å²) in [4.78, 5) is 12.2. The highest BCUT2D eigenvalue weighted by molar-refractivity contribution is 6.32. The van der Waals surface area contributed by atoms with E-state index in [9.17, 15) is 4.79 Å². The Labute approximate surface area is 159 Å². The molecule has 0 saturated carbocycles. The Kier molecular flexibility index (Phi) is 7.16. The van der Waals surface area contributed by atoms with Crippen LogP contribution < -0.4 is 20.1 Å². The van der Waals surface area contributed by atoms with Gasteiger partial charge < -0.3 is 20.1 Å². The maximum absolute atomic E-state index is 12.2. The largest absolute Gasteiger partial charge is 0.495 e. The topological polar surface area (TPSA) is 59.6 Å². The number of carbonyl (C=O) groups excluding carboxylic acids is 1. The Morgan fingerprint density at radius 2 is 1.73 bits per heavy atom. The average Bonchev–Trinajstić information content (AvgIpc) is 2.63. The Morgan fingerprint density at radius 1 is 1.08 bits per heavy atom. The van der Waals surface area contributed by atoms with Gasteiger partial charge in [-0.3, -0.25) is 4.79 Å². The van der Waals surface area contributed by atoms with Gasteiger partial charge in [-0.25, -0.2) is 0 Å². The van der Waals surface area contributed by atoms with E-state index in [4.69, 9.17) is 21.1 Å². The van der Waals surface area contributed by atoms with Crippen molar-refractivity contribution < 1.29 is 14.3 Å². The molecule has 0 fully saturated rings. The fourth-order valence-electron chi connectivity index (χ4n) is 2.48. The molecular formula is C20H25ClN2O3. The van der Waals surface area contributed by atoms with E-state index < -0.39 is 0 Å². The van der Waals surface area contributed by atoms with Crippen molar-refractivity contribution in [2.45, 2.75) is 26.2 Å². The first-order chi connectivity index (χ1) is 12.4. The summed E-state index contributed by atoms with van der Waals surface area (Å²) in [5.74, 6) is 1.34. The summed E-state index contributed by atoms with van der Waals surface area (Å²) in [7, 11) is 3.05. The third-order valence-corrected chi connectivity index (χ3v) is 4.30. The third-order valence-electron chi connectivity index (χ3n) is 4.01. The SMILES string of the molecule is COc1cc(NC(=O)CCNc2ccc(C(C)C)cc2)c(OC)cc1Cl.